The zero-order chi connectivity index (χ0) is 8.04. The second-order valence-electron chi connectivity index (χ2n) is 3.39. The first-order chi connectivity index (χ1) is 4.50. The van der Waals surface area contributed by atoms with Gasteiger partial charge in [0.25, 0.3) is 0 Å². The molecule has 62 valence electrons. The largest absolute Gasteiger partial charge is 0.381 e. The van der Waals surface area contributed by atoms with Crippen molar-refractivity contribution in [2.75, 3.05) is 13.2 Å². The summed E-state index contributed by atoms with van der Waals surface area (Å²) in [5.41, 5.74) is 0. The van der Waals surface area contributed by atoms with E-state index in [0.29, 0.717) is 0 Å². The highest BCUT2D eigenvalue weighted by Gasteiger charge is 2.04. The minimum atomic E-state index is -1.14. The highest BCUT2D eigenvalue weighted by molar-refractivity contribution is 7.18. The minimum absolute atomic E-state index is 1.00. The summed E-state index contributed by atoms with van der Waals surface area (Å²) in [6, 6.07) is 0. The van der Waals surface area contributed by atoms with Crippen molar-refractivity contribution in [3.63, 3.8) is 0 Å². The molecule has 0 aromatic rings. The highest BCUT2D eigenvalue weighted by Crippen LogP contribution is 2.03. The summed E-state index contributed by atoms with van der Waals surface area (Å²) < 4.78 is 4.94. The molecule has 1 rings (SSSR count). The molecule has 0 N–H and O–H groups in total. The van der Waals surface area contributed by atoms with Crippen LogP contribution in [0.25, 0.3) is 0 Å². The van der Waals surface area contributed by atoms with Crippen LogP contribution in [0.15, 0.2) is 0 Å². The summed E-state index contributed by atoms with van der Waals surface area (Å²) in [5, 5.41) is 0. The molecule has 1 aliphatic rings. The Hall–Kier alpha value is 0.467. The molecule has 10 heavy (non-hydrogen) atoms. The molecule has 1 heterocycles. The van der Waals surface area contributed by atoms with E-state index in [4.69, 9.17) is 15.8 Å². The maximum atomic E-state index is 5.67. The average Bonchev–Trinajstić information content (AvgIpc) is 2.07. The Morgan fingerprint density at radius 2 is 1.40 bits per heavy atom. The van der Waals surface area contributed by atoms with Crippen LogP contribution < -0.4 is 0 Å². The predicted octanol–water partition coefficient (Wildman–Crippen LogP) is 2.86. The minimum Gasteiger partial charge on any atom is -0.381 e. The standard InChI is InChI=1S/C4H8O.C3H9ClSi/c1-2-4-5-3-1;1-5(2,3)4/h1-4H2;1-3H3. The zero-order valence-corrected chi connectivity index (χ0v) is 8.87. The summed E-state index contributed by atoms with van der Waals surface area (Å²) in [6.07, 6.45) is 2.56. The van der Waals surface area contributed by atoms with Crippen LogP contribution in [0.2, 0.25) is 19.6 Å². The van der Waals surface area contributed by atoms with Crippen LogP contribution in [-0.4, -0.2) is 20.6 Å². The van der Waals surface area contributed by atoms with E-state index in [0.717, 1.165) is 13.2 Å². The fourth-order valence-electron chi connectivity index (χ4n) is 0.510. The Labute approximate surface area is 69.4 Å². The van der Waals surface area contributed by atoms with E-state index in [9.17, 15) is 0 Å². The Kier molecular flexibility index (Phi) is 5.40. The summed E-state index contributed by atoms with van der Waals surface area (Å²) in [6.45, 7) is 8.28. The van der Waals surface area contributed by atoms with Crippen molar-refractivity contribution in [2.24, 2.45) is 0 Å². The molecule has 0 unspecified atom stereocenters. The molecule has 0 aromatic heterocycles. The highest BCUT2D eigenvalue weighted by atomic mass is 35.6. The fraction of sp³-hybridized carbons (Fsp3) is 1.00. The average molecular weight is 181 g/mol. The summed E-state index contributed by atoms with van der Waals surface area (Å²) >= 11 is 5.67. The topological polar surface area (TPSA) is 9.23 Å². The lowest BCUT2D eigenvalue weighted by atomic mass is 10.4. The molecule has 3 heteroatoms. The predicted molar refractivity (Wildman–Crippen MR) is 49.3 cm³/mol. The Morgan fingerprint density at radius 1 is 1.10 bits per heavy atom. The maximum absolute atomic E-state index is 5.67. The second-order valence-corrected chi connectivity index (χ2v) is 10.9. The van der Waals surface area contributed by atoms with Crippen LogP contribution in [0.3, 0.4) is 0 Å². The quantitative estimate of drug-likeness (QED) is 0.412. The smallest absolute Gasteiger partial charge is 0.147 e. The van der Waals surface area contributed by atoms with Crippen molar-refractivity contribution in [2.45, 2.75) is 32.5 Å². The van der Waals surface area contributed by atoms with Crippen LogP contribution in [-0.2, 0) is 4.74 Å². The summed E-state index contributed by atoms with van der Waals surface area (Å²) in [5.74, 6) is 0. The molecule has 0 spiro atoms. The number of hydrogen-bond acceptors (Lipinski definition) is 1. The van der Waals surface area contributed by atoms with Crippen LogP contribution in [0.4, 0.5) is 0 Å². The van der Waals surface area contributed by atoms with Crippen molar-refractivity contribution in [1.82, 2.24) is 0 Å². The molecule has 1 nitrogen and oxygen atoms in total. The van der Waals surface area contributed by atoms with Crippen LogP contribution in [0, 0.1) is 0 Å². The molecule has 0 atom stereocenters. The molecule has 1 saturated heterocycles. The SMILES string of the molecule is C1CCOC1.C[Si](C)(C)Cl. The second kappa shape index (κ2) is 5.16. The van der Waals surface area contributed by atoms with Gasteiger partial charge in [0.05, 0.1) is 0 Å². The third kappa shape index (κ3) is 15.8. The van der Waals surface area contributed by atoms with E-state index in [1.807, 2.05) is 0 Å². The first-order valence-corrected chi connectivity index (χ1v) is 8.28. The van der Waals surface area contributed by atoms with Gasteiger partial charge in [0.2, 0.25) is 0 Å². The first kappa shape index (κ1) is 10.5. The fourth-order valence-corrected chi connectivity index (χ4v) is 0.510. The summed E-state index contributed by atoms with van der Waals surface area (Å²) in [7, 11) is -1.14. The molecular weight excluding hydrogens is 164 g/mol. The van der Waals surface area contributed by atoms with E-state index < -0.39 is 7.38 Å². The van der Waals surface area contributed by atoms with Gasteiger partial charge in [-0.15, -0.1) is 0 Å². The Bertz CT molecular complexity index is 62.6. The van der Waals surface area contributed by atoms with Gasteiger partial charge in [-0.25, -0.2) is 0 Å². The summed E-state index contributed by atoms with van der Waals surface area (Å²) in [4.78, 5) is 0. The van der Waals surface area contributed by atoms with Gasteiger partial charge >= 0.3 is 0 Å². The van der Waals surface area contributed by atoms with Crippen LogP contribution >= 0.6 is 11.1 Å². The molecule has 0 aliphatic carbocycles. The van der Waals surface area contributed by atoms with Gasteiger partial charge in [-0.05, 0) is 12.8 Å². The lowest BCUT2D eigenvalue weighted by Gasteiger charge is -1.97. The molecule has 1 aliphatic heterocycles. The van der Waals surface area contributed by atoms with Gasteiger partial charge in [-0.3, -0.25) is 0 Å². The number of hydrogen-bond donors (Lipinski definition) is 0. The van der Waals surface area contributed by atoms with Crippen molar-refractivity contribution in [3.8, 4) is 0 Å². The van der Waals surface area contributed by atoms with Crippen molar-refractivity contribution >= 4 is 18.5 Å². The number of halogens is 1. The number of rotatable bonds is 0. The van der Waals surface area contributed by atoms with E-state index in [1.54, 1.807) is 0 Å². The third-order valence-corrected chi connectivity index (χ3v) is 0.827. The lowest BCUT2D eigenvalue weighted by Crippen LogP contribution is -2.06. The first-order valence-electron chi connectivity index (χ1n) is 3.77. The van der Waals surface area contributed by atoms with Crippen molar-refractivity contribution in [1.29, 1.82) is 0 Å². The zero-order valence-electron chi connectivity index (χ0n) is 7.11. The van der Waals surface area contributed by atoms with Crippen molar-refractivity contribution in [3.05, 3.63) is 0 Å². The third-order valence-electron chi connectivity index (χ3n) is 0.827. The van der Waals surface area contributed by atoms with E-state index >= 15 is 0 Å². The molecule has 0 aromatic carbocycles. The normalized spacial score (nSPS) is 18.0. The van der Waals surface area contributed by atoms with E-state index in [2.05, 4.69) is 19.6 Å². The van der Waals surface area contributed by atoms with Crippen molar-refractivity contribution < 1.29 is 4.74 Å². The van der Waals surface area contributed by atoms with Crippen LogP contribution in [0.5, 0.6) is 0 Å². The molecular formula is C7H17ClOSi. The monoisotopic (exact) mass is 180 g/mol. The van der Waals surface area contributed by atoms with Crippen LogP contribution in [0.1, 0.15) is 12.8 Å². The van der Waals surface area contributed by atoms with Gasteiger partial charge in [0, 0.05) is 13.2 Å². The number of ether oxygens (including phenoxy) is 1. The molecule has 0 saturated carbocycles. The Morgan fingerprint density at radius 3 is 1.50 bits per heavy atom. The van der Waals surface area contributed by atoms with Gasteiger partial charge in [0.15, 0.2) is 0 Å². The lowest BCUT2D eigenvalue weighted by molar-refractivity contribution is 0.198. The molecule has 0 bridgehead atoms. The van der Waals surface area contributed by atoms with E-state index in [1.165, 1.54) is 12.8 Å². The molecule has 0 amide bonds. The van der Waals surface area contributed by atoms with E-state index in [-0.39, 0.29) is 0 Å². The maximum Gasteiger partial charge on any atom is 0.147 e. The van der Waals surface area contributed by atoms with Gasteiger partial charge in [-0.1, -0.05) is 19.6 Å². The molecule has 0 radical (unpaired) electrons. The Balaban J connectivity index is 0.000000162. The van der Waals surface area contributed by atoms with Gasteiger partial charge < -0.3 is 4.74 Å². The van der Waals surface area contributed by atoms with Gasteiger partial charge in [0.1, 0.15) is 7.38 Å². The van der Waals surface area contributed by atoms with Gasteiger partial charge in [-0.2, -0.15) is 11.1 Å². The molecule has 1 fully saturated rings.